The lowest BCUT2D eigenvalue weighted by Crippen LogP contribution is -2.30. The fourth-order valence-corrected chi connectivity index (χ4v) is 8.01. The van der Waals surface area contributed by atoms with E-state index in [4.69, 9.17) is 14.2 Å². The Morgan fingerprint density at radius 3 is 0.881 bits per heavy atom. The second-order valence-corrected chi connectivity index (χ2v) is 18.4. The number of esters is 3. The monoisotopic (exact) mass is 835 g/mol. The van der Waals surface area contributed by atoms with Crippen molar-refractivity contribution in [3.8, 4) is 0 Å². The van der Waals surface area contributed by atoms with Gasteiger partial charge in [-0.15, -0.1) is 0 Å². The lowest BCUT2D eigenvalue weighted by atomic mass is 9.99. The molecule has 6 nitrogen and oxygen atoms in total. The molecule has 59 heavy (non-hydrogen) atoms. The van der Waals surface area contributed by atoms with Gasteiger partial charge in [-0.2, -0.15) is 0 Å². The van der Waals surface area contributed by atoms with Crippen molar-refractivity contribution >= 4 is 17.9 Å². The molecule has 0 aromatic carbocycles. The fraction of sp³-hybridized carbons (Fsp3) is 0.943. The number of unbranched alkanes of at least 4 members (excludes halogenated alkanes) is 34. The Hall–Kier alpha value is -1.59. The summed E-state index contributed by atoms with van der Waals surface area (Å²) in [6.45, 7) is 9.04. The number of ether oxygens (including phenoxy) is 3. The van der Waals surface area contributed by atoms with Crippen LogP contribution in [0.25, 0.3) is 0 Å². The van der Waals surface area contributed by atoms with Gasteiger partial charge in [-0.05, 0) is 25.2 Å². The van der Waals surface area contributed by atoms with Crippen LogP contribution in [0.4, 0.5) is 0 Å². The molecule has 2 atom stereocenters. The van der Waals surface area contributed by atoms with Crippen LogP contribution in [0.2, 0.25) is 0 Å². The van der Waals surface area contributed by atoms with Crippen molar-refractivity contribution < 1.29 is 28.6 Å². The van der Waals surface area contributed by atoms with E-state index in [0.29, 0.717) is 19.3 Å². The van der Waals surface area contributed by atoms with E-state index in [-0.39, 0.29) is 31.1 Å². The Morgan fingerprint density at radius 1 is 0.339 bits per heavy atom. The van der Waals surface area contributed by atoms with E-state index in [2.05, 4.69) is 27.7 Å². The highest BCUT2D eigenvalue weighted by molar-refractivity contribution is 5.71. The van der Waals surface area contributed by atoms with Crippen molar-refractivity contribution in [1.82, 2.24) is 0 Å². The molecule has 0 fully saturated rings. The van der Waals surface area contributed by atoms with Crippen LogP contribution in [0.3, 0.4) is 0 Å². The summed E-state index contributed by atoms with van der Waals surface area (Å²) in [5.74, 6) is 0.00383. The molecule has 0 aliphatic carbocycles. The fourth-order valence-electron chi connectivity index (χ4n) is 8.01. The van der Waals surface area contributed by atoms with Gasteiger partial charge in [0.1, 0.15) is 13.2 Å². The predicted molar refractivity (Wildman–Crippen MR) is 252 cm³/mol. The van der Waals surface area contributed by atoms with Crippen molar-refractivity contribution in [2.45, 2.75) is 303 Å². The van der Waals surface area contributed by atoms with Crippen molar-refractivity contribution in [2.75, 3.05) is 13.2 Å². The Bertz CT molecular complexity index is 889. The van der Waals surface area contributed by atoms with Crippen LogP contribution in [0.15, 0.2) is 0 Å². The maximum atomic E-state index is 12.8. The van der Waals surface area contributed by atoms with Crippen LogP contribution in [-0.2, 0) is 28.6 Å². The van der Waals surface area contributed by atoms with E-state index in [9.17, 15) is 14.4 Å². The molecule has 0 N–H and O–H groups in total. The number of rotatable bonds is 48. The summed E-state index contributed by atoms with van der Waals surface area (Å²) in [4.78, 5) is 37.9. The zero-order valence-electron chi connectivity index (χ0n) is 40.2. The second-order valence-electron chi connectivity index (χ2n) is 18.4. The molecule has 0 radical (unpaired) electrons. The smallest absolute Gasteiger partial charge is 0.306 e. The molecule has 0 bridgehead atoms. The van der Waals surface area contributed by atoms with E-state index >= 15 is 0 Å². The van der Waals surface area contributed by atoms with E-state index in [1.54, 1.807) is 0 Å². The molecule has 1 unspecified atom stereocenters. The van der Waals surface area contributed by atoms with Crippen LogP contribution in [0.1, 0.15) is 297 Å². The Morgan fingerprint density at radius 2 is 0.593 bits per heavy atom. The first-order valence-corrected chi connectivity index (χ1v) is 26.4. The summed E-state index contributed by atoms with van der Waals surface area (Å²) in [5.41, 5.74) is 0. The summed E-state index contributed by atoms with van der Waals surface area (Å²) in [6.07, 6.45) is 49.4. The minimum atomic E-state index is -0.761. The highest BCUT2D eigenvalue weighted by atomic mass is 16.6. The zero-order chi connectivity index (χ0) is 43.1. The standard InChI is InChI=1S/C53H102O6/c1-5-8-10-12-14-16-18-20-21-22-24-25-27-32-36-40-44-51(54)57-47-50(48-58-52(55)45-41-37-33-30-29-31-35-39-43-49(4)7-3)59-53(56)46-42-38-34-28-26-23-19-17-15-13-11-9-6-2/h49-50H,5-48H2,1-4H3/t49?,50-/m0/s1. The van der Waals surface area contributed by atoms with Crippen LogP contribution in [0.5, 0.6) is 0 Å². The summed E-state index contributed by atoms with van der Waals surface area (Å²) in [7, 11) is 0. The summed E-state index contributed by atoms with van der Waals surface area (Å²) in [6, 6.07) is 0. The highest BCUT2D eigenvalue weighted by Gasteiger charge is 2.19. The molecular weight excluding hydrogens is 733 g/mol. The van der Waals surface area contributed by atoms with Gasteiger partial charge < -0.3 is 14.2 Å². The van der Waals surface area contributed by atoms with Crippen LogP contribution in [-0.4, -0.2) is 37.2 Å². The molecule has 0 rings (SSSR count). The van der Waals surface area contributed by atoms with E-state index in [0.717, 1.165) is 63.7 Å². The van der Waals surface area contributed by atoms with Gasteiger partial charge in [0.2, 0.25) is 0 Å². The second kappa shape index (κ2) is 47.5. The van der Waals surface area contributed by atoms with Gasteiger partial charge in [-0.1, -0.05) is 259 Å². The van der Waals surface area contributed by atoms with Crippen molar-refractivity contribution in [1.29, 1.82) is 0 Å². The van der Waals surface area contributed by atoms with E-state index in [1.165, 1.54) is 193 Å². The van der Waals surface area contributed by atoms with Gasteiger partial charge >= 0.3 is 17.9 Å². The van der Waals surface area contributed by atoms with Crippen LogP contribution < -0.4 is 0 Å². The first-order valence-electron chi connectivity index (χ1n) is 26.4. The van der Waals surface area contributed by atoms with Gasteiger partial charge in [0.15, 0.2) is 6.10 Å². The van der Waals surface area contributed by atoms with Crippen LogP contribution in [0, 0.1) is 5.92 Å². The third-order valence-electron chi connectivity index (χ3n) is 12.4. The predicted octanol–water partition coefficient (Wildman–Crippen LogP) is 17.1. The molecule has 0 heterocycles. The quantitative estimate of drug-likeness (QED) is 0.0345. The summed E-state index contributed by atoms with van der Waals surface area (Å²) >= 11 is 0. The molecule has 0 saturated heterocycles. The third kappa shape index (κ3) is 45.8. The number of hydrogen-bond acceptors (Lipinski definition) is 6. The van der Waals surface area contributed by atoms with Gasteiger partial charge in [0, 0.05) is 19.3 Å². The summed E-state index contributed by atoms with van der Waals surface area (Å²) in [5, 5.41) is 0. The minimum Gasteiger partial charge on any atom is -0.462 e. The molecule has 0 aromatic rings. The Kier molecular flexibility index (Phi) is 46.2. The molecule has 6 heteroatoms. The lowest BCUT2D eigenvalue weighted by molar-refractivity contribution is -0.167. The Labute approximate surface area is 368 Å². The zero-order valence-corrected chi connectivity index (χ0v) is 40.2. The van der Waals surface area contributed by atoms with Gasteiger partial charge in [0.05, 0.1) is 0 Å². The van der Waals surface area contributed by atoms with E-state index in [1.807, 2.05) is 0 Å². The van der Waals surface area contributed by atoms with E-state index < -0.39 is 6.10 Å². The first-order chi connectivity index (χ1) is 28.9. The van der Waals surface area contributed by atoms with Gasteiger partial charge in [-0.25, -0.2) is 0 Å². The average Bonchev–Trinajstić information content (AvgIpc) is 3.23. The van der Waals surface area contributed by atoms with Gasteiger partial charge in [0.25, 0.3) is 0 Å². The normalized spacial score (nSPS) is 12.4. The molecule has 0 aliphatic heterocycles. The topological polar surface area (TPSA) is 78.9 Å². The highest BCUT2D eigenvalue weighted by Crippen LogP contribution is 2.18. The number of carbonyl (C=O) groups excluding carboxylic acids is 3. The lowest BCUT2D eigenvalue weighted by Gasteiger charge is -2.18. The van der Waals surface area contributed by atoms with Crippen LogP contribution >= 0.6 is 0 Å². The average molecular weight is 835 g/mol. The van der Waals surface area contributed by atoms with Crippen molar-refractivity contribution in [2.24, 2.45) is 5.92 Å². The molecule has 0 saturated carbocycles. The molecule has 0 amide bonds. The molecule has 350 valence electrons. The maximum absolute atomic E-state index is 12.8. The van der Waals surface area contributed by atoms with Crippen molar-refractivity contribution in [3.63, 3.8) is 0 Å². The molecular formula is C53H102O6. The SMILES string of the molecule is CCCCCCCCCCCCCCCCCCC(=O)OC[C@@H](COC(=O)CCCCCCCCCCC(C)CC)OC(=O)CCCCCCCCCCCCCCC. The Balaban J connectivity index is 4.30. The largest absolute Gasteiger partial charge is 0.462 e. The first kappa shape index (κ1) is 57.4. The molecule has 0 spiro atoms. The summed E-state index contributed by atoms with van der Waals surface area (Å²) < 4.78 is 16.8. The molecule has 0 aliphatic rings. The number of carbonyl (C=O) groups is 3. The van der Waals surface area contributed by atoms with Crippen molar-refractivity contribution in [3.05, 3.63) is 0 Å². The minimum absolute atomic E-state index is 0.0628. The third-order valence-corrected chi connectivity index (χ3v) is 12.4. The molecule has 0 aromatic heterocycles. The number of hydrogen-bond donors (Lipinski definition) is 0. The maximum Gasteiger partial charge on any atom is 0.306 e. The van der Waals surface area contributed by atoms with Gasteiger partial charge in [-0.3, -0.25) is 14.4 Å².